The number of fused-ring (bicyclic) bond motifs is 12. The Hall–Kier alpha value is -9.10. The fourth-order valence-electron chi connectivity index (χ4n) is 10.7. The van der Waals surface area contributed by atoms with Crippen LogP contribution >= 0.6 is 0 Å². The molecule has 0 saturated heterocycles. The van der Waals surface area contributed by atoms with E-state index in [1.165, 1.54) is 136 Å². The summed E-state index contributed by atoms with van der Waals surface area (Å²) in [5.74, 6) is 0. The molecule has 0 heteroatoms. The van der Waals surface area contributed by atoms with Crippen LogP contribution < -0.4 is 0 Å². The molecule has 0 saturated carbocycles. The van der Waals surface area contributed by atoms with E-state index in [-0.39, 0.29) is 0 Å². The second-order valence-electron chi connectivity index (χ2n) is 20.0. The first kappa shape index (κ1) is 48.2. The third kappa shape index (κ3) is 10.6. The van der Waals surface area contributed by atoms with Crippen molar-refractivity contribution in [3.8, 4) is 0 Å². The summed E-state index contributed by atoms with van der Waals surface area (Å²) < 4.78 is 0. The van der Waals surface area contributed by atoms with Gasteiger partial charge in [0.25, 0.3) is 0 Å². The maximum atomic E-state index is 2.28. The van der Waals surface area contributed by atoms with Crippen LogP contribution in [0.3, 0.4) is 0 Å². The normalized spacial score (nSPS) is 11.0. The fraction of sp³-hybridized carbons (Fsp3) is 0.0667. The van der Waals surface area contributed by atoms with Crippen LogP contribution in [0, 0.1) is 34.6 Å². The summed E-state index contributed by atoms with van der Waals surface area (Å²) in [6, 6.07) is 97.6. The average Bonchev–Trinajstić information content (AvgIpc) is 3.45. The number of aryl methyl sites for hydroxylation is 5. The second kappa shape index (κ2) is 21.5. The molecule has 75 heavy (non-hydrogen) atoms. The highest BCUT2D eigenvalue weighted by atomic mass is 14.1. The Bertz CT molecular complexity index is 4410. The molecule has 0 heterocycles. The van der Waals surface area contributed by atoms with E-state index in [0.717, 1.165) is 0 Å². The van der Waals surface area contributed by atoms with E-state index in [0.29, 0.717) is 0 Å². The molecule has 0 bridgehead atoms. The lowest BCUT2D eigenvalue weighted by Crippen LogP contribution is -1.81. The van der Waals surface area contributed by atoms with Crippen molar-refractivity contribution in [3.05, 3.63) is 301 Å². The van der Waals surface area contributed by atoms with Crippen molar-refractivity contribution in [2.75, 3.05) is 0 Å². The molecule has 0 nitrogen and oxygen atoms in total. The van der Waals surface area contributed by atoms with E-state index in [2.05, 4.69) is 308 Å². The lowest BCUT2D eigenvalue weighted by molar-refractivity contribution is 1.51. The molecule has 0 unspecified atom stereocenters. The molecule has 0 spiro atoms. The minimum atomic E-state index is 1.31. The molecule has 360 valence electrons. The van der Waals surface area contributed by atoms with Gasteiger partial charge in [0.2, 0.25) is 0 Å². The monoisotopic (exact) mass is 960 g/mol. The largest absolute Gasteiger partial charge is 0.0616 e. The van der Waals surface area contributed by atoms with Gasteiger partial charge in [0.05, 0.1) is 0 Å². The second-order valence-corrected chi connectivity index (χ2v) is 20.0. The topological polar surface area (TPSA) is 0 Å². The summed E-state index contributed by atoms with van der Waals surface area (Å²) in [6.07, 6.45) is 0. The van der Waals surface area contributed by atoms with Gasteiger partial charge in [-0.25, -0.2) is 0 Å². The van der Waals surface area contributed by atoms with Crippen molar-refractivity contribution in [3.63, 3.8) is 0 Å². The predicted molar refractivity (Wildman–Crippen MR) is 331 cm³/mol. The van der Waals surface area contributed by atoms with Crippen LogP contribution in [0.15, 0.2) is 273 Å². The lowest BCUT2D eigenvalue weighted by atomic mass is 9.98. The quantitative estimate of drug-likeness (QED) is 0.105. The Morgan fingerprint density at radius 2 is 0.467 bits per heavy atom. The zero-order valence-electron chi connectivity index (χ0n) is 43.5. The van der Waals surface area contributed by atoms with Crippen LogP contribution in [0.2, 0.25) is 0 Å². The van der Waals surface area contributed by atoms with Gasteiger partial charge in [0, 0.05) is 0 Å². The molecule has 15 aromatic carbocycles. The Balaban J connectivity index is 0.000000100. The molecular weight excluding hydrogens is 901 g/mol. The van der Waals surface area contributed by atoms with E-state index >= 15 is 0 Å². The molecule has 0 radical (unpaired) electrons. The summed E-state index contributed by atoms with van der Waals surface area (Å²) in [4.78, 5) is 0. The molecule has 0 aliphatic rings. The zero-order valence-corrected chi connectivity index (χ0v) is 43.5. The van der Waals surface area contributed by atoms with Crippen molar-refractivity contribution >= 4 is 108 Å². The van der Waals surface area contributed by atoms with E-state index in [4.69, 9.17) is 0 Å². The summed E-state index contributed by atoms with van der Waals surface area (Å²) in [7, 11) is 0. The van der Waals surface area contributed by atoms with E-state index in [1.807, 2.05) is 0 Å². The Morgan fingerprint density at radius 3 is 1.05 bits per heavy atom. The van der Waals surface area contributed by atoms with E-state index in [1.54, 1.807) is 0 Å². The number of rotatable bonds is 0. The lowest BCUT2D eigenvalue weighted by Gasteiger charge is -2.06. The number of hydrogen-bond donors (Lipinski definition) is 0. The van der Waals surface area contributed by atoms with Crippen LogP contribution in [0.1, 0.15) is 27.8 Å². The molecule has 0 aliphatic carbocycles. The molecule has 0 aromatic heterocycles. The summed E-state index contributed by atoms with van der Waals surface area (Å²) in [5.41, 5.74) is 6.68. The fourth-order valence-corrected chi connectivity index (χ4v) is 10.7. The molecule has 0 N–H and O–H groups in total. The molecule has 15 aromatic rings. The van der Waals surface area contributed by atoms with E-state index in [9.17, 15) is 0 Å². The van der Waals surface area contributed by atoms with Crippen molar-refractivity contribution < 1.29 is 0 Å². The first-order valence-corrected chi connectivity index (χ1v) is 26.1. The van der Waals surface area contributed by atoms with Crippen LogP contribution in [0.4, 0.5) is 0 Å². The van der Waals surface area contributed by atoms with Crippen molar-refractivity contribution in [2.45, 2.75) is 34.6 Å². The van der Waals surface area contributed by atoms with Gasteiger partial charge >= 0.3 is 0 Å². The number of hydrogen-bond acceptors (Lipinski definition) is 0. The van der Waals surface area contributed by atoms with Gasteiger partial charge in [0.1, 0.15) is 0 Å². The molecule has 0 fully saturated rings. The minimum Gasteiger partial charge on any atom is -0.0616 e. The maximum absolute atomic E-state index is 2.28. The predicted octanol–water partition coefficient (Wildman–Crippen LogP) is 21.5. The summed E-state index contributed by atoms with van der Waals surface area (Å²) in [5, 5.41) is 26.6. The SMILES string of the molecule is Cc1c2ccccc2cc2ccccc12.Cc1ccc2c(ccc3ccccc32)c1.Cc1ccc2cc3ccccc3cc2c1.Cc1ccc2ccc3ccccc3c2c1.Cc1cccc2cc3ccccc3cc12. The number of benzene rings is 15. The van der Waals surface area contributed by atoms with Crippen LogP contribution in [-0.2, 0) is 0 Å². The van der Waals surface area contributed by atoms with Gasteiger partial charge in [-0.1, -0.05) is 259 Å². The molecule has 0 aliphatic heterocycles. The highest BCUT2D eigenvalue weighted by Gasteiger charge is 2.04. The Kier molecular flexibility index (Phi) is 13.8. The summed E-state index contributed by atoms with van der Waals surface area (Å²) in [6.45, 7) is 10.8. The molecule has 15 rings (SSSR count). The Morgan fingerprint density at radius 1 is 0.160 bits per heavy atom. The van der Waals surface area contributed by atoms with Crippen molar-refractivity contribution in [1.82, 2.24) is 0 Å². The highest BCUT2D eigenvalue weighted by molar-refractivity contribution is 6.09. The van der Waals surface area contributed by atoms with Gasteiger partial charge in [-0.3, -0.25) is 0 Å². The first-order valence-electron chi connectivity index (χ1n) is 26.1. The van der Waals surface area contributed by atoms with Crippen LogP contribution in [-0.4, -0.2) is 0 Å². The highest BCUT2D eigenvalue weighted by Crippen LogP contribution is 2.30. The van der Waals surface area contributed by atoms with Crippen molar-refractivity contribution in [2.24, 2.45) is 0 Å². The summed E-state index contributed by atoms with van der Waals surface area (Å²) >= 11 is 0. The average molecular weight is 961 g/mol. The molecule has 0 atom stereocenters. The zero-order chi connectivity index (χ0) is 51.3. The van der Waals surface area contributed by atoms with Gasteiger partial charge in [0.15, 0.2) is 0 Å². The van der Waals surface area contributed by atoms with Gasteiger partial charge in [-0.15, -0.1) is 0 Å². The van der Waals surface area contributed by atoms with Crippen LogP contribution in [0.5, 0.6) is 0 Å². The van der Waals surface area contributed by atoms with E-state index < -0.39 is 0 Å². The maximum Gasteiger partial charge on any atom is -0.0103 e. The van der Waals surface area contributed by atoms with Gasteiger partial charge in [-0.2, -0.15) is 0 Å². The Labute approximate surface area is 440 Å². The molecular formula is C75H60. The standard InChI is InChI=1S/5C15H12/c1-11-14-8-4-2-6-12(14)10-13-7-3-5-9-15(11)13;1-11-5-4-8-14-9-12-6-2-3-7-13(12)10-15(11)14;1-11-6-9-15-13(10-11)8-7-12-4-2-3-5-14(12)15;1-11-6-7-14-9-12-4-2-3-5-13(12)10-15(14)8-11;1-11-6-7-13-9-8-12-4-2-3-5-14(12)15(13)10-11/h5*2-10H,1H3. The van der Waals surface area contributed by atoms with Gasteiger partial charge < -0.3 is 0 Å². The van der Waals surface area contributed by atoms with Crippen LogP contribution in [0.25, 0.3) is 108 Å². The smallest absolute Gasteiger partial charge is 0.0103 e. The van der Waals surface area contributed by atoms with Gasteiger partial charge in [-0.05, 0) is 184 Å². The first-order chi connectivity index (χ1) is 36.7. The molecule has 0 amide bonds. The third-order valence-electron chi connectivity index (χ3n) is 14.7. The van der Waals surface area contributed by atoms with Crippen molar-refractivity contribution in [1.29, 1.82) is 0 Å². The minimum absolute atomic E-state index is 1.31. The third-order valence-corrected chi connectivity index (χ3v) is 14.7.